The number of para-hydroxylation sites is 2. The van der Waals surface area contributed by atoms with Crippen LogP contribution in [0.4, 0.5) is 16.2 Å². The first kappa shape index (κ1) is 15.2. The van der Waals surface area contributed by atoms with E-state index >= 15 is 0 Å². The Morgan fingerprint density at radius 3 is 2.68 bits per heavy atom. The first-order valence-electron chi connectivity index (χ1n) is 8.32. The fourth-order valence-electron chi connectivity index (χ4n) is 3.47. The van der Waals surface area contributed by atoms with Crippen LogP contribution in [0.1, 0.15) is 32.1 Å². The highest BCUT2D eigenvalue weighted by atomic mass is 16.3. The van der Waals surface area contributed by atoms with Gasteiger partial charge in [-0.2, -0.15) is 0 Å². The molecule has 0 saturated carbocycles. The molecular formula is C17H25N3O2. The first-order valence-corrected chi connectivity index (χ1v) is 8.32. The van der Waals surface area contributed by atoms with Gasteiger partial charge in [0.25, 0.3) is 0 Å². The van der Waals surface area contributed by atoms with Crippen molar-refractivity contribution in [3.63, 3.8) is 0 Å². The number of carbonyl (C=O) groups is 1. The first-order chi connectivity index (χ1) is 10.8. The fourth-order valence-corrected chi connectivity index (χ4v) is 3.47. The van der Waals surface area contributed by atoms with Crippen molar-refractivity contribution in [1.82, 2.24) is 4.90 Å². The molecule has 2 N–H and O–H groups in total. The molecule has 1 aromatic carbocycles. The molecule has 5 nitrogen and oxygen atoms in total. The number of amides is 2. The van der Waals surface area contributed by atoms with Crippen molar-refractivity contribution in [2.75, 3.05) is 36.5 Å². The van der Waals surface area contributed by atoms with E-state index in [1.807, 2.05) is 18.2 Å². The number of urea groups is 1. The molecule has 1 aromatic rings. The molecule has 5 heteroatoms. The Hall–Kier alpha value is -1.75. The third-order valence-corrected chi connectivity index (χ3v) is 4.69. The van der Waals surface area contributed by atoms with Gasteiger partial charge in [-0.3, -0.25) is 0 Å². The van der Waals surface area contributed by atoms with Crippen molar-refractivity contribution < 1.29 is 9.90 Å². The van der Waals surface area contributed by atoms with E-state index < -0.39 is 0 Å². The van der Waals surface area contributed by atoms with Crippen molar-refractivity contribution in [2.24, 2.45) is 0 Å². The van der Waals surface area contributed by atoms with E-state index in [0.29, 0.717) is 0 Å². The second-order valence-electron chi connectivity index (χ2n) is 6.17. The number of nitrogens with one attached hydrogen (secondary N) is 1. The van der Waals surface area contributed by atoms with Crippen LogP contribution in [0, 0.1) is 0 Å². The minimum Gasteiger partial charge on any atom is -0.394 e. The minimum absolute atomic E-state index is 0.0397. The third kappa shape index (κ3) is 3.19. The monoisotopic (exact) mass is 303 g/mol. The number of nitrogens with zero attached hydrogens (tertiary/aromatic N) is 2. The van der Waals surface area contributed by atoms with Gasteiger partial charge in [0, 0.05) is 19.6 Å². The zero-order valence-electron chi connectivity index (χ0n) is 13.0. The quantitative estimate of drug-likeness (QED) is 0.902. The molecule has 3 rings (SSSR count). The van der Waals surface area contributed by atoms with Crippen LogP contribution in [0.25, 0.3) is 0 Å². The second kappa shape index (κ2) is 7.01. The molecule has 0 aromatic heterocycles. The molecule has 120 valence electrons. The number of benzene rings is 1. The fraction of sp³-hybridized carbons (Fsp3) is 0.588. The smallest absolute Gasteiger partial charge is 0.322 e. The van der Waals surface area contributed by atoms with Gasteiger partial charge in [-0.15, -0.1) is 0 Å². The van der Waals surface area contributed by atoms with Gasteiger partial charge in [-0.25, -0.2) is 4.79 Å². The lowest BCUT2D eigenvalue weighted by atomic mass is 10.1. The van der Waals surface area contributed by atoms with Crippen molar-refractivity contribution in [3.05, 3.63) is 24.3 Å². The summed E-state index contributed by atoms with van der Waals surface area (Å²) in [6.07, 6.45) is 5.56. The predicted octanol–water partition coefficient (Wildman–Crippen LogP) is 2.67. The number of aliphatic hydroxyl groups excluding tert-OH is 1. The topological polar surface area (TPSA) is 55.8 Å². The van der Waals surface area contributed by atoms with Gasteiger partial charge in [-0.05, 0) is 44.2 Å². The van der Waals surface area contributed by atoms with Crippen LogP contribution in [-0.4, -0.2) is 48.3 Å². The number of anilines is 2. The van der Waals surface area contributed by atoms with E-state index in [1.54, 1.807) is 4.90 Å². The standard InChI is InChI=1S/C17H25N3O2/c21-13-14-7-6-12-20(14)17(22)18-15-8-2-3-9-16(15)19-10-4-1-5-11-19/h2-3,8-9,14,21H,1,4-7,10-13H2,(H,18,22)/t14-/m0/s1. The zero-order valence-corrected chi connectivity index (χ0v) is 13.0. The van der Waals surface area contributed by atoms with Crippen LogP contribution in [0.15, 0.2) is 24.3 Å². The molecule has 0 bridgehead atoms. The highest BCUT2D eigenvalue weighted by molar-refractivity contribution is 5.93. The van der Waals surface area contributed by atoms with Crippen molar-refractivity contribution in [2.45, 2.75) is 38.1 Å². The van der Waals surface area contributed by atoms with E-state index in [1.165, 1.54) is 19.3 Å². The maximum absolute atomic E-state index is 12.5. The molecule has 2 amide bonds. The maximum atomic E-state index is 12.5. The van der Waals surface area contributed by atoms with Gasteiger partial charge in [0.1, 0.15) is 0 Å². The maximum Gasteiger partial charge on any atom is 0.322 e. The van der Waals surface area contributed by atoms with Crippen LogP contribution >= 0.6 is 0 Å². The van der Waals surface area contributed by atoms with E-state index in [2.05, 4.69) is 16.3 Å². The number of rotatable bonds is 3. The molecule has 1 atom stereocenters. The molecular weight excluding hydrogens is 278 g/mol. The van der Waals surface area contributed by atoms with Crippen LogP contribution in [0.3, 0.4) is 0 Å². The largest absolute Gasteiger partial charge is 0.394 e. The summed E-state index contributed by atoms with van der Waals surface area (Å²) in [5.74, 6) is 0. The van der Waals surface area contributed by atoms with Gasteiger partial charge in [0.2, 0.25) is 0 Å². The molecule has 2 heterocycles. The highest BCUT2D eigenvalue weighted by Crippen LogP contribution is 2.29. The summed E-state index contributed by atoms with van der Waals surface area (Å²) in [4.78, 5) is 16.6. The number of carbonyl (C=O) groups excluding carboxylic acids is 1. The number of piperidine rings is 1. The highest BCUT2D eigenvalue weighted by Gasteiger charge is 2.28. The van der Waals surface area contributed by atoms with Crippen LogP contribution in [0.2, 0.25) is 0 Å². The molecule has 0 aliphatic carbocycles. The van der Waals surface area contributed by atoms with Crippen LogP contribution < -0.4 is 10.2 Å². The van der Waals surface area contributed by atoms with Gasteiger partial charge >= 0.3 is 6.03 Å². The third-order valence-electron chi connectivity index (χ3n) is 4.69. The number of aliphatic hydroxyl groups is 1. The Morgan fingerprint density at radius 2 is 1.91 bits per heavy atom. The summed E-state index contributed by atoms with van der Waals surface area (Å²) in [5, 5.41) is 12.4. The van der Waals surface area contributed by atoms with Crippen LogP contribution in [-0.2, 0) is 0 Å². The van der Waals surface area contributed by atoms with E-state index in [0.717, 1.165) is 43.9 Å². The lowest BCUT2D eigenvalue weighted by molar-refractivity contribution is 0.166. The SMILES string of the molecule is O=C(Nc1ccccc1N1CCCCC1)N1CCC[C@H]1CO. The van der Waals surface area contributed by atoms with Crippen molar-refractivity contribution >= 4 is 17.4 Å². The summed E-state index contributed by atoms with van der Waals surface area (Å²) in [5.41, 5.74) is 1.98. The van der Waals surface area contributed by atoms with Gasteiger partial charge in [-0.1, -0.05) is 12.1 Å². The lowest BCUT2D eigenvalue weighted by Gasteiger charge is -2.31. The summed E-state index contributed by atoms with van der Waals surface area (Å²) < 4.78 is 0. The molecule has 22 heavy (non-hydrogen) atoms. The second-order valence-corrected chi connectivity index (χ2v) is 6.17. The van der Waals surface area contributed by atoms with Crippen molar-refractivity contribution in [3.8, 4) is 0 Å². The molecule has 2 aliphatic rings. The normalized spacial score (nSPS) is 22.0. The number of likely N-dealkylation sites (tertiary alicyclic amines) is 1. The molecule has 2 fully saturated rings. The van der Waals surface area contributed by atoms with Gasteiger partial charge in [0.05, 0.1) is 24.0 Å². The summed E-state index contributed by atoms with van der Waals surface area (Å²) in [7, 11) is 0. The van der Waals surface area contributed by atoms with Crippen molar-refractivity contribution in [1.29, 1.82) is 0 Å². The van der Waals surface area contributed by atoms with Gasteiger partial charge in [0.15, 0.2) is 0 Å². The average molecular weight is 303 g/mol. The molecule has 2 aliphatic heterocycles. The Morgan fingerprint density at radius 1 is 1.14 bits per heavy atom. The number of hydrogen-bond donors (Lipinski definition) is 2. The average Bonchev–Trinajstić information content (AvgIpc) is 3.05. The summed E-state index contributed by atoms with van der Waals surface area (Å²) >= 11 is 0. The Balaban J connectivity index is 1.73. The molecule has 0 radical (unpaired) electrons. The van der Waals surface area contributed by atoms with Crippen LogP contribution in [0.5, 0.6) is 0 Å². The zero-order chi connectivity index (χ0) is 15.4. The van der Waals surface area contributed by atoms with E-state index in [9.17, 15) is 9.90 Å². The Bertz CT molecular complexity index is 514. The molecule has 2 saturated heterocycles. The van der Waals surface area contributed by atoms with Gasteiger partial charge < -0.3 is 20.2 Å². The number of hydrogen-bond acceptors (Lipinski definition) is 3. The Kier molecular flexibility index (Phi) is 4.83. The summed E-state index contributed by atoms with van der Waals surface area (Å²) in [6, 6.07) is 7.88. The molecule has 0 unspecified atom stereocenters. The predicted molar refractivity (Wildman–Crippen MR) is 88.3 cm³/mol. The minimum atomic E-state index is -0.0963. The molecule has 0 spiro atoms. The Labute approximate surface area is 131 Å². The summed E-state index contributed by atoms with van der Waals surface area (Å²) in [6.45, 7) is 2.87. The van der Waals surface area contributed by atoms with E-state index in [4.69, 9.17) is 0 Å². The lowest BCUT2D eigenvalue weighted by Crippen LogP contribution is -2.40. The van der Waals surface area contributed by atoms with E-state index in [-0.39, 0.29) is 18.7 Å².